The van der Waals surface area contributed by atoms with Gasteiger partial charge in [-0.15, -0.1) is 11.8 Å². The van der Waals surface area contributed by atoms with Crippen molar-refractivity contribution in [1.82, 2.24) is 10.3 Å². The lowest BCUT2D eigenvalue weighted by atomic mass is 9.91. The highest BCUT2D eigenvalue weighted by atomic mass is 32.2. The number of thiazole rings is 1. The van der Waals surface area contributed by atoms with Gasteiger partial charge in [0.05, 0.1) is 10.2 Å². The molecule has 25 heavy (non-hydrogen) atoms. The topological polar surface area (TPSA) is 45.2 Å². The Bertz CT molecular complexity index is 748. The van der Waals surface area contributed by atoms with E-state index in [-0.39, 0.29) is 5.91 Å². The number of fused-ring (bicyclic) bond motifs is 1. The number of rotatable bonds is 5. The van der Waals surface area contributed by atoms with Gasteiger partial charge in [-0.1, -0.05) is 11.3 Å². The number of anilines is 1. The van der Waals surface area contributed by atoms with Crippen molar-refractivity contribution in [2.75, 3.05) is 24.2 Å². The highest BCUT2D eigenvalue weighted by Gasteiger charge is 2.25. The molecule has 1 amide bonds. The molecule has 2 heterocycles. The highest BCUT2D eigenvalue weighted by molar-refractivity contribution is 7.98. The van der Waals surface area contributed by atoms with E-state index in [4.69, 9.17) is 4.98 Å². The molecule has 4 rings (SSSR count). The molecule has 4 nitrogen and oxygen atoms in total. The second-order valence-electron chi connectivity index (χ2n) is 7.16. The fourth-order valence-electron chi connectivity index (χ4n) is 3.58. The van der Waals surface area contributed by atoms with Gasteiger partial charge in [-0.2, -0.15) is 0 Å². The Labute approximate surface area is 157 Å². The van der Waals surface area contributed by atoms with Crippen LogP contribution < -0.4 is 10.2 Å². The molecule has 2 aliphatic rings. The third-order valence-corrected chi connectivity index (χ3v) is 7.22. The number of thioether (sulfide) groups is 1. The highest BCUT2D eigenvalue weighted by Crippen LogP contribution is 2.34. The lowest BCUT2D eigenvalue weighted by Gasteiger charge is -2.32. The second kappa shape index (κ2) is 7.54. The van der Waals surface area contributed by atoms with Gasteiger partial charge >= 0.3 is 0 Å². The first-order valence-electron chi connectivity index (χ1n) is 9.20. The number of carbonyl (C=O) groups excluding carboxylic acids is 1. The number of aromatic nitrogens is 1. The van der Waals surface area contributed by atoms with Gasteiger partial charge in [-0.25, -0.2) is 4.98 Å². The lowest BCUT2D eigenvalue weighted by molar-refractivity contribution is -0.123. The fraction of sp³-hybridized carbons (Fsp3) is 0.579. The van der Waals surface area contributed by atoms with Crippen LogP contribution in [-0.2, 0) is 4.79 Å². The molecule has 1 saturated carbocycles. The maximum Gasteiger partial charge on any atom is 0.220 e. The minimum absolute atomic E-state index is 0.257. The number of nitrogens with one attached hydrogen (secondary N) is 1. The van der Waals surface area contributed by atoms with E-state index in [2.05, 4.69) is 34.7 Å². The minimum atomic E-state index is 0.257. The summed E-state index contributed by atoms with van der Waals surface area (Å²) < 4.78 is 1.27. The van der Waals surface area contributed by atoms with E-state index in [1.54, 1.807) is 23.1 Å². The van der Waals surface area contributed by atoms with Gasteiger partial charge in [0.25, 0.3) is 0 Å². The van der Waals surface area contributed by atoms with Gasteiger partial charge in [0.1, 0.15) is 0 Å². The van der Waals surface area contributed by atoms with Crippen LogP contribution in [0.3, 0.4) is 0 Å². The van der Waals surface area contributed by atoms with Crippen LogP contribution in [0.1, 0.15) is 38.5 Å². The van der Waals surface area contributed by atoms with Crippen LogP contribution in [0.2, 0.25) is 0 Å². The zero-order valence-corrected chi connectivity index (χ0v) is 16.3. The summed E-state index contributed by atoms with van der Waals surface area (Å²) in [4.78, 5) is 20.6. The maximum atomic E-state index is 12.1. The predicted molar refractivity (Wildman–Crippen MR) is 107 cm³/mol. The number of carbonyl (C=O) groups is 1. The molecule has 134 valence electrons. The van der Waals surface area contributed by atoms with Crippen molar-refractivity contribution in [3.8, 4) is 0 Å². The van der Waals surface area contributed by atoms with Crippen LogP contribution in [0.5, 0.6) is 0 Å². The molecule has 1 N–H and O–H groups in total. The molecule has 0 atom stereocenters. The normalized spacial score (nSPS) is 19.2. The molecular formula is C19H25N3OS2. The summed E-state index contributed by atoms with van der Waals surface area (Å²) in [6, 6.07) is 6.96. The van der Waals surface area contributed by atoms with Gasteiger partial charge in [-0.05, 0) is 62.5 Å². The SMILES string of the molecule is CSc1ccc2nc(N3CCC(CC(=O)NC4CCC4)CC3)sc2c1. The standard InChI is InChI=1S/C19H25N3OS2/c1-24-15-5-6-16-17(12-15)25-19(21-16)22-9-7-13(8-10-22)11-18(23)20-14-3-2-4-14/h5-6,12-14H,2-4,7-11H2,1H3,(H,20,23). The molecule has 0 bridgehead atoms. The van der Waals surface area contributed by atoms with E-state index in [1.165, 1.54) is 28.9 Å². The third kappa shape index (κ3) is 3.95. The van der Waals surface area contributed by atoms with Crippen LogP contribution in [-0.4, -0.2) is 36.3 Å². The zero-order chi connectivity index (χ0) is 17.2. The van der Waals surface area contributed by atoms with Gasteiger partial charge in [0.15, 0.2) is 5.13 Å². The van der Waals surface area contributed by atoms with Crippen molar-refractivity contribution in [2.24, 2.45) is 5.92 Å². The van der Waals surface area contributed by atoms with Crippen LogP contribution in [0.4, 0.5) is 5.13 Å². The smallest absolute Gasteiger partial charge is 0.220 e. The number of hydrogen-bond donors (Lipinski definition) is 1. The zero-order valence-electron chi connectivity index (χ0n) is 14.7. The maximum absolute atomic E-state index is 12.1. The number of benzene rings is 1. The number of piperidine rings is 1. The third-order valence-electron chi connectivity index (χ3n) is 5.41. The monoisotopic (exact) mass is 375 g/mol. The van der Waals surface area contributed by atoms with Crippen LogP contribution in [0.25, 0.3) is 10.2 Å². The van der Waals surface area contributed by atoms with E-state index < -0.39 is 0 Å². The van der Waals surface area contributed by atoms with Gasteiger partial charge in [-0.3, -0.25) is 4.79 Å². The average Bonchev–Trinajstić information content (AvgIpc) is 3.02. The van der Waals surface area contributed by atoms with Crippen molar-refractivity contribution in [3.63, 3.8) is 0 Å². The number of nitrogens with zero attached hydrogens (tertiary/aromatic N) is 2. The molecule has 0 radical (unpaired) electrons. The summed E-state index contributed by atoms with van der Waals surface area (Å²) in [5.41, 5.74) is 1.10. The van der Waals surface area contributed by atoms with Gasteiger partial charge in [0, 0.05) is 30.4 Å². The minimum Gasteiger partial charge on any atom is -0.353 e. The van der Waals surface area contributed by atoms with Crippen LogP contribution in [0.15, 0.2) is 23.1 Å². The molecule has 1 aromatic heterocycles. The van der Waals surface area contributed by atoms with Gasteiger partial charge in [0.2, 0.25) is 5.91 Å². The molecular weight excluding hydrogens is 350 g/mol. The first kappa shape index (κ1) is 17.2. The van der Waals surface area contributed by atoms with Crippen molar-refractivity contribution >= 4 is 44.4 Å². The first-order valence-corrected chi connectivity index (χ1v) is 11.2. The molecule has 2 aromatic rings. The molecule has 2 fully saturated rings. The molecule has 0 unspecified atom stereocenters. The van der Waals surface area contributed by atoms with Crippen molar-refractivity contribution in [3.05, 3.63) is 18.2 Å². The molecule has 1 saturated heterocycles. The second-order valence-corrected chi connectivity index (χ2v) is 9.05. The molecule has 1 aliphatic heterocycles. The summed E-state index contributed by atoms with van der Waals surface area (Å²) in [7, 11) is 0. The van der Waals surface area contributed by atoms with E-state index in [1.807, 2.05) is 0 Å². The number of hydrogen-bond acceptors (Lipinski definition) is 5. The van der Waals surface area contributed by atoms with Crippen molar-refractivity contribution < 1.29 is 4.79 Å². The summed E-state index contributed by atoms with van der Waals surface area (Å²) in [6.07, 6.45) is 8.58. The quantitative estimate of drug-likeness (QED) is 0.792. The Morgan fingerprint density at radius 2 is 2.12 bits per heavy atom. The Kier molecular flexibility index (Phi) is 5.17. The average molecular weight is 376 g/mol. The Hall–Kier alpha value is -1.27. The van der Waals surface area contributed by atoms with Crippen molar-refractivity contribution in [1.29, 1.82) is 0 Å². The summed E-state index contributed by atoms with van der Waals surface area (Å²) >= 11 is 3.56. The van der Waals surface area contributed by atoms with Crippen molar-refractivity contribution in [2.45, 2.75) is 49.5 Å². The predicted octanol–water partition coefficient (Wildman–Crippen LogP) is 4.29. The van der Waals surface area contributed by atoms with E-state index in [9.17, 15) is 4.79 Å². The fourth-order valence-corrected chi connectivity index (χ4v) is 5.16. The largest absolute Gasteiger partial charge is 0.353 e. The molecule has 0 spiro atoms. The van der Waals surface area contributed by atoms with Crippen LogP contribution in [0, 0.1) is 5.92 Å². The summed E-state index contributed by atoms with van der Waals surface area (Å²) in [5, 5.41) is 4.30. The summed E-state index contributed by atoms with van der Waals surface area (Å²) in [6.45, 7) is 2.02. The Morgan fingerprint density at radius 1 is 1.32 bits per heavy atom. The van der Waals surface area contributed by atoms with E-state index in [0.29, 0.717) is 18.4 Å². The Morgan fingerprint density at radius 3 is 2.80 bits per heavy atom. The van der Waals surface area contributed by atoms with Crippen LogP contribution >= 0.6 is 23.1 Å². The molecule has 6 heteroatoms. The van der Waals surface area contributed by atoms with Gasteiger partial charge < -0.3 is 10.2 Å². The molecule has 1 aromatic carbocycles. The lowest BCUT2D eigenvalue weighted by Crippen LogP contribution is -2.41. The first-order chi connectivity index (χ1) is 12.2. The number of amides is 1. The molecule has 1 aliphatic carbocycles. The Balaban J connectivity index is 1.32. The van der Waals surface area contributed by atoms with E-state index in [0.717, 1.165) is 36.6 Å². The summed E-state index contributed by atoms with van der Waals surface area (Å²) in [5.74, 6) is 0.779. The van der Waals surface area contributed by atoms with E-state index >= 15 is 0 Å².